The van der Waals surface area contributed by atoms with Gasteiger partial charge < -0.3 is 30.1 Å². The van der Waals surface area contributed by atoms with Crippen LogP contribution in [0.2, 0.25) is 10.0 Å². The van der Waals surface area contributed by atoms with E-state index in [1.807, 2.05) is 6.92 Å². The number of rotatable bonds is 14. The van der Waals surface area contributed by atoms with Crippen LogP contribution in [0, 0.1) is 13.8 Å². The minimum absolute atomic E-state index is 0. The van der Waals surface area contributed by atoms with Gasteiger partial charge in [-0.3, -0.25) is 18.9 Å². The number of nitrogens with one attached hydrogen (secondary N) is 1. The predicted octanol–water partition coefficient (Wildman–Crippen LogP) is 11.8. The van der Waals surface area contributed by atoms with E-state index in [9.17, 15) is 46.1 Å². The van der Waals surface area contributed by atoms with E-state index in [2.05, 4.69) is 30.8 Å². The number of carbonyl (C=O) groups excluding carboxylic acids is 1. The molecule has 75 heavy (non-hydrogen) atoms. The summed E-state index contributed by atoms with van der Waals surface area (Å²) in [6.45, 7) is 7.51. The number of benzene rings is 8. The van der Waals surface area contributed by atoms with Crippen molar-refractivity contribution >= 4 is 160 Å². The van der Waals surface area contributed by atoms with Gasteiger partial charge in [-0.05, 0) is 110 Å². The van der Waals surface area contributed by atoms with E-state index in [1.165, 1.54) is 36.4 Å². The predicted molar refractivity (Wildman–Crippen MR) is 284 cm³/mol. The molecule has 0 radical (unpaired) electrons. The van der Waals surface area contributed by atoms with Crippen LogP contribution >= 0.6 is 23.2 Å². The first kappa shape index (κ1) is 57.9. The second kappa shape index (κ2) is 25.0. The third-order valence-corrected chi connectivity index (χ3v) is 13.9. The standard InChI is InChI=1S/2C26H22ClN3O6S.Ba/c2*1-3-36-21-11-7-6-10-19(21)28-26(32)18-14-16-8-4-5-9-17(16)23(24(18)31)30-29-20-13-12-15(2)22(27)25(20)37(33,34)35;/h2*4-14,31H,3H2,1-2H3,(H,28,32)(H,33,34,35);/q;;+2/p-2. The molecule has 8 aromatic carbocycles. The van der Waals surface area contributed by atoms with Gasteiger partial charge in [-0.2, -0.15) is 21.9 Å². The minimum Gasteiger partial charge on any atom is -0.871 e. The summed E-state index contributed by atoms with van der Waals surface area (Å²) in [5.74, 6) is -1.80. The van der Waals surface area contributed by atoms with Gasteiger partial charge in [0.15, 0.2) is 5.75 Å². The van der Waals surface area contributed by atoms with Gasteiger partial charge in [-0.1, -0.05) is 114 Å². The summed E-state index contributed by atoms with van der Waals surface area (Å²) in [5.41, 5.74) is 0.362. The zero-order chi connectivity index (χ0) is 53.5. The van der Waals surface area contributed by atoms with Gasteiger partial charge in [0.05, 0.1) is 40.2 Å². The van der Waals surface area contributed by atoms with Crippen LogP contribution in [-0.2, 0) is 20.2 Å². The Morgan fingerprint density at radius 3 is 1.61 bits per heavy atom. The van der Waals surface area contributed by atoms with E-state index >= 15 is 0 Å². The summed E-state index contributed by atoms with van der Waals surface area (Å²) in [7, 11) is -9.49. The molecule has 1 amide bonds. The Kier molecular flexibility index (Phi) is 19.3. The number of hydrogen-bond donors (Lipinski definition) is 4. The molecule has 8 rings (SSSR count). The average molecular weight is 1220 g/mol. The molecule has 0 unspecified atom stereocenters. The maximum atomic E-state index is 13.4. The van der Waals surface area contributed by atoms with E-state index in [0.29, 0.717) is 63.1 Å². The van der Waals surface area contributed by atoms with Crippen LogP contribution in [0.4, 0.5) is 34.1 Å². The van der Waals surface area contributed by atoms with E-state index in [4.69, 9.17) is 32.7 Å². The molecule has 0 aliphatic carbocycles. The third kappa shape index (κ3) is 13.3. The summed E-state index contributed by atoms with van der Waals surface area (Å²) < 4.78 is 78.2. The van der Waals surface area contributed by atoms with Gasteiger partial charge in [-0.15, -0.1) is 15.3 Å². The van der Waals surface area contributed by atoms with Crippen molar-refractivity contribution in [2.75, 3.05) is 18.5 Å². The van der Waals surface area contributed by atoms with Crippen molar-refractivity contribution < 1.29 is 55.5 Å². The molecule has 0 spiro atoms. The number of ether oxygens (including phenoxy) is 2. The van der Waals surface area contributed by atoms with Crippen LogP contribution in [0.15, 0.2) is 169 Å². The quantitative estimate of drug-likeness (QED) is 0.0260. The fraction of sp³-hybridized carbons (Fsp3) is 0.115. The van der Waals surface area contributed by atoms with Crippen molar-refractivity contribution in [3.05, 3.63) is 166 Å². The molecule has 4 N–H and O–H groups in total. The Hall–Kier alpha value is -6.41. The van der Waals surface area contributed by atoms with Gasteiger partial charge in [0.1, 0.15) is 44.0 Å². The molecular weight excluding hydrogens is 1170 g/mol. The Labute approximate surface area is 481 Å². The van der Waals surface area contributed by atoms with E-state index in [1.54, 1.807) is 118 Å². The van der Waals surface area contributed by atoms with Crippen molar-refractivity contribution in [3.63, 3.8) is 0 Å². The molecule has 0 fully saturated rings. The molecule has 0 aromatic heterocycles. The van der Waals surface area contributed by atoms with Gasteiger partial charge >= 0.3 is 48.9 Å². The van der Waals surface area contributed by atoms with Gasteiger partial charge in [-0.25, -0.2) is 0 Å². The molecule has 23 heteroatoms. The SMILES string of the molecule is CCOc1ccccc1N=C([O-])c1cc2ccccc2c(N=Nc2ccc(C)c(Cl)c2S(=O)(=O)O)c1[O-].CCOc1ccccc1NC(=O)c1cc2ccccc2c(N=Nc2ccc(C)c(Cl)c2S(=O)(=O)O)c1O.[Ba+2]. The van der Waals surface area contributed by atoms with Crippen molar-refractivity contribution in [2.45, 2.75) is 37.5 Å². The number of nitrogens with zero attached hydrogens (tertiary/aromatic N) is 5. The van der Waals surface area contributed by atoms with E-state index in [0.717, 1.165) is 0 Å². The number of hydrogen-bond acceptors (Lipinski definition) is 15. The molecule has 0 saturated carbocycles. The molecule has 0 aliphatic rings. The molecule has 8 aromatic rings. The zero-order valence-corrected chi connectivity index (χ0v) is 47.7. The van der Waals surface area contributed by atoms with Crippen LogP contribution in [0.1, 0.15) is 40.9 Å². The second-order valence-corrected chi connectivity index (χ2v) is 19.3. The first-order valence-electron chi connectivity index (χ1n) is 22.1. The van der Waals surface area contributed by atoms with Crippen LogP contribution < -0.4 is 25.0 Å². The number of aromatic hydroxyl groups is 1. The summed E-state index contributed by atoms with van der Waals surface area (Å²) in [4.78, 5) is 16.0. The van der Waals surface area contributed by atoms with E-state index in [-0.39, 0.29) is 98.5 Å². The summed E-state index contributed by atoms with van der Waals surface area (Å²) in [5, 5.41) is 57.8. The van der Waals surface area contributed by atoms with Gasteiger partial charge in [0.25, 0.3) is 26.1 Å². The number of para-hydroxylation sites is 4. The second-order valence-electron chi connectivity index (χ2n) is 15.8. The van der Waals surface area contributed by atoms with Crippen molar-refractivity contribution in [1.82, 2.24) is 0 Å². The fourth-order valence-electron chi connectivity index (χ4n) is 7.34. The number of azo groups is 2. The van der Waals surface area contributed by atoms with Crippen LogP contribution in [0.3, 0.4) is 0 Å². The van der Waals surface area contributed by atoms with Crippen LogP contribution in [0.5, 0.6) is 23.0 Å². The largest absolute Gasteiger partial charge is 2.00 e. The molecule has 0 aliphatic heterocycles. The molecule has 0 saturated heterocycles. The fourth-order valence-corrected chi connectivity index (χ4v) is 9.77. The number of halogens is 2. The van der Waals surface area contributed by atoms with Crippen LogP contribution in [-0.4, -0.2) is 105 Å². The normalized spacial score (nSPS) is 11.9. The van der Waals surface area contributed by atoms with Crippen molar-refractivity contribution in [3.8, 4) is 23.0 Å². The number of phenols is 1. The molecular formula is C52H42BaCl2N6O12S2. The summed E-state index contributed by atoms with van der Waals surface area (Å²) in [6.07, 6.45) is 0. The van der Waals surface area contributed by atoms with Crippen molar-refractivity contribution in [2.24, 2.45) is 25.4 Å². The zero-order valence-electron chi connectivity index (χ0n) is 40.1. The summed E-state index contributed by atoms with van der Waals surface area (Å²) in [6, 6.07) is 35.7. The Balaban J connectivity index is 0.000000241. The van der Waals surface area contributed by atoms with Crippen molar-refractivity contribution in [1.29, 1.82) is 0 Å². The summed E-state index contributed by atoms with van der Waals surface area (Å²) >= 11 is 12.2. The first-order valence-corrected chi connectivity index (χ1v) is 25.7. The van der Waals surface area contributed by atoms with Crippen LogP contribution in [0.25, 0.3) is 21.5 Å². The monoisotopic (exact) mass is 1210 g/mol. The number of aryl methyl sites for hydroxylation is 2. The number of aliphatic imine (C=N–C) groups is 1. The Morgan fingerprint density at radius 1 is 0.613 bits per heavy atom. The molecule has 0 bridgehead atoms. The minimum atomic E-state index is -4.75. The maximum absolute atomic E-state index is 13.4. The average Bonchev–Trinajstić information content (AvgIpc) is 3.35. The number of amides is 1. The topological polar surface area (TPSA) is 284 Å². The van der Waals surface area contributed by atoms with Gasteiger partial charge in [0, 0.05) is 10.8 Å². The Bertz CT molecular complexity index is 3830. The van der Waals surface area contributed by atoms with Gasteiger partial charge in [0.2, 0.25) is 0 Å². The number of phenolic OH excluding ortho intramolecular Hbond substituents is 1. The molecule has 18 nitrogen and oxygen atoms in total. The molecule has 0 heterocycles. The smallest absolute Gasteiger partial charge is 0.871 e. The van der Waals surface area contributed by atoms with E-state index < -0.39 is 53.3 Å². The number of carbonyl (C=O) groups is 1. The number of fused-ring (bicyclic) bond motifs is 2. The molecule has 0 atom stereocenters. The maximum Gasteiger partial charge on any atom is 2.00 e. The number of anilines is 1. The first-order chi connectivity index (χ1) is 35.2. The Morgan fingerprint density at radius 2 is 1.07 bits per heavy atom. The third-order valence-electron chi connectivity index (χ3n) is 10.8. The molecule has 380 valence electrons.